The van der Waals surface area contributed by atoms with Crippen LogP contribution in [0.4, 0.5) is 0 Å². The second-order valence-corrected chi connectivity index (χ2v) is 7.64. The summed E-state index contributed by atoms with van der Waals surface area (Å²) in [7, 11) is -3.50. The van der Waals surface area contributed by atoms with Crippen molar-refractivity contribution in [2.24, 2.45) is 0 Å². The Kier molecular flexibility index (Phi) is 6.28. The molecule has 20 heavy (non-hydrogen) atoms. The second kappa shape index (κ2) is 7.28. The van der Waals surface area contributed by atoms with Gasteiger partial charge in [0, 0.05) is 18.1 Å². The van der Waals surface area contributed by atoms with E-state index in [1.807, 2.05) is 0 Å². The summed E-state index contributed by atoms with van der Waals surface area (Å²) < 4.78 is 25.6. The minimum absolute atomic E-state index is 0.0527. The number of sulfonamides is 1. The fourth-order valence-electron chi connectivity index (χ4n) is 1.97. The molecular formula is C11H20N2O5S2. The predicted molar refractivity (Wildman–Crippen MR) is 77.1 cm³/mol. The summed E-state index contributed by atoms with van der Waals surface area (Å²) in [6, 6.07) is -1.84. The van der Waals surface area contributed by atoms with Crippen molar-refractivity contribution < 1.29 is 23.1 Å². The van der Waals surface area contributed by atoms with Gasteiger partial charge in [-0.3, -0.25) is 4.79 Å². The highest BCUT2D eigenvalue weighted by Gasteiger charge is 2.35. The summed E-state index contributed by atoms with van der Waals surface area (Å²) in [6.07, 6.45) is 0.453. The third-order valence-corrected chi connectivity index (χ3v) is 5.58. The number of carboxylic acids is 1. The number of carbonyl (C=O) groups is 2. The Balaban J connectivity index is 2.74. The van der Waals surface area contributed by atoms with E-state index in [9.17, 15) is 18.0 Å². The van der Waals surface area contributed by atoms with E-state index >= 15 is 0 Å². The van der Waals surface area contributed by atoms with Crippen molar-refractivity contribution >= 4 is 33.7 Å². The SMILES string of the molecule is CCCS(=O)(=O)NC(C)C(=O)N1CCSCC1C(=O)O. The molecule has 0 aliphatic carbocycles. The van der Waals surface area contributed by atoms with Gasteiger partial charge in [0.25, 0.3) is 0 Å². The van der Waals surface area contributed by atoms with Crippen LogP contribution < -0.4 is 4.72 Å². The van der Waals surface area contributed by atoms with Crippen LogP contribution in [0.1, 0.15) is 20.3 Å². The number of amides is 1. The summed E-state index contributed by atoms with van der Waals surface area (Å²) in [6.45, 7) is 3.49. The fraction of sp³-hybridized carbons (Fsp3) is 0.818. The molecule has 0 aromatic carbocycles. The summed E-state index contributed by atoms with van der Waals surface area (Å²) >= 11 is 1.47. The molecule has 0 aromatic rings. The van der Waals surface area contributed by atoms with Gasteiger partial charge in [-0.2, -0.15) is 11.8 Å². The second-order valence-electron chi connectivity index (χ2n) is 4.62. The van der Waals surface area contributed by atoms with Crippen LogP contribution in [0.25, 0.3) is 0 Å². The average molecular weight is 324 g/mol. The number of aliphatic carboxylic acids is 1. The van der Waals surface area contributed by atoms with Gasteiger partial charge in [0.2, 0.25) is 15.9 Å². The van der Waals surface area contributed by atoms with E-state index in [0.717, 1.165) is 0 Å². The lowest BCUT2D eigenvalue weighted by molar-refractivity contribution is -0.149. The van der Waals surface area contributed by atoms with E-state index in [0.29, 0.717) is 24.5 Å². The van der Waals surface area contributed by atoms with Crippen LogP contribution in [0.3, 0.4) is 0 Å². The van der Waals surface area contributed by atoms with Gasteiger partial charge in [0.1, 0.15) is 6.04 Å². The summed E-state index contributed by atoms with van der Waals surface area (Å²) in [4.78, 5) is 24.6. The molecule has 7 nitrogen and oxygen atoms in total. The van der Waals surface area contributed by atoms with Gasteiger partial charge in [-0.15, -0.1) is 0 Å². The predicted octanol–water partition coefficient (Wildman–Crippen LogP) is -0.267. The molecule has 1 aliphatic heterocycles. The van der Waals surface area contributed by atoms with Crippen molar-refractivity contribution in [3.63, 3.8) is 0 Å². The lowest BCUT2D eigenvalue weighted by Crippen LogP contribution is -2.56. The highest BCUT2D eigenvalue weighted by Crippen LogP contribution is 2.17. The molecule has 1 saturated heterocycles. The highest BCUT2D eigenvalue weighted by atomic mass is 32.2. The number of hydrogen-bond acceptors (Lipinski definition) is 5. The van der Waals surface area contributed by atoms with Crippen molar-refractivity contribution in [3.8, 4) is 0 Å². The van der Waals surface area contributed by atoms with Crippen molar-refractivity contribution in [2.75, 3.05) is 23.8 Å². The maximum absolute atomic E-state index is 12.2. The maximum Gasteiger partial charge on any atom is 0.327 e. The number of carbonyl (C=O) groups excluding carboxylic acids is 1. The van der Waals surface area contributed by atoms with Crippen LogP contribution in [0.2, 0.25) is 0 Å². The van der Waals surface area contributed by atoms with Crippen LogP contribution in [-0.4, -0.2) is 66.2 Å². The van der Waals surface area contributed by atoms with Crippen LogP contribution >= 0.6 is 11.8 Å². The Morgan fingerprint density at radius 2 is 2.15 bits per heavy atom. The van der Waals surface area contributed by atoms with Crippen molar-refractivity contribution in [3.05, 3.63) is 0 Å². The molecule has 2 N–H and O–H groups in total. The lowest BCUT2D eigenvalue weighted by Gasteiger charge is -2.34. The molecule has 0 spiro atoms. The van der Waals surface area contributed by atoms with Gasteiger partial charge in [-0.1, -0.05) is 6.92 Å². The highest BCUT2D eigenvalue weighted by molar-refractivity contribution is 7.99. The molecule has 0 radical (unpaired) electrons. The van der Waals surface area contributed by atoms with Crippen molar-refractivity contribution in [1.82, 2.24) is 9.62 Å². The van der Waals surface area contributed by atoms with Crippen LogP contribution in [-0.2, 0) is 19.6 Å². The zero-order valence-corrected chi connectivity index (χ0v) is 13.2. The third kappa shape index (κ3) is 4.64. The molecular weight excluding hydrogens is 304 g/mol. The first-order valence-corrected chi connectivity index (χ1v) is 9.20. The Bertz CT molecular complexity index is 465. The van der Waals surface area contributed by atoms with Gasteiger partial charge in [-0.25, -0.2) is 17.9 Å². The Morgan fingerprint density at radius 1 is 1.50 bits per heavy atom. The molecule has 0 saturated carbocycles. The Morgan fingerprint density at radius 3 is 2.70 bits per heavy atom. The molecule has 1 aliphatic rings. The first-order chi connectivity index (χ1) is 9.28. The zero-order valence-electron chi connectivity index (χ0n) is 11.5. The van der Waals surface area contributed by atoms with E-state index < -0.39 is 34.0 Å². The summed E-state index contributed by atoms with van der Waals surface area (Å²) in [5.74, 6) is -0.617. The molecule has 1 heterocycles. The lowest BCUT2D eigenvalue weighted by atomic mass is 10.2. The average Bonchev–Trinajstić information content (AvgIpc) is 2.37. The summed E-state index contributed by atoms with van der Waals surface area (Å²) in [5.41, 5.74) is 0. The monoisotopic (exact) mass is 324 g/mol. The van der Waals surface area contributed by atoms with Gasteiger partial charge < -0.3 is 10.0 Å². The van der Waals surface area contributed by atoms with Crippen molar-refractivity contribution in [1.29, 1.82) is 0 Å². The van der Waals surface area contributed by atoms with Crippen molar-refractivity contribution in [2.45, 2.75) is 32.4 Å². The largest absolute Gasteiger partial charge is 0.480 e. The van der Waals surface area contributed by atoms with Gasteiger partial charge >= 0.3 is 5.97 Å². The number of rotatable bonds is 6. The first kappa shape index (κ1) is 17.3. The molecule has 9 heteroatoms. The quantitative estimate of drug-likeness (QED) is 0.697. The smallest absolute Gasteiger partial charge is 0.327 e. The maximum atomic E-state index is 12.2. The van der Waals surface area contributed by atoms with E-state index in [4.69, 9.17) is 5.11 Å². The van der Waals surface area contributed by atoms with Gasteiger partial charge in [0.15, 0.2) is 0 Å². The minimum atomic E-state index is -3.50. The van der Waals surface area contributed by atoms with E-state index in [1.165, 1.54) is 23.6 Å². The normalized spacial score (nSPS) is 21.5. The number of hydrogen-bond donors (Lipinski definition) is 2. The standard InChI is InChI=1S/C11H20N2O5S2/c1-3-6-20(17,18)12-8(2)10(14)13-4-5-19-7-9(13)11(15)16/h8-9,12H,3-7H2,1-2H3,(H,15,16). The molecule has 0 bridgehead atoms. The van der Waals surface area contributed by atoms with Crippen LogP contribution in [0, 0.1) is 0 Å². The molecule has 1 rings (SSSR count). The fourth-order valence-corrected chi connectivity index (χ4v) is 4.30. The Labute approximate surface area is 123 Å². The number of nitrogens with one attached hydrogen (secondary N) is 1. The zero-order chi connectivity index (χ0) is 15.3. The number of carboxylic acid groups (broad SMARTS) is 1. The molecule has 2 atom stereocenters. The molecule has 0 aromatic heterocycles. The van der Waals surface area contributed by atoms with Crippen LogP contribution in [0.15, 0.2) is 0 Å². The van der Waals surface area contributed by atoms with E-state index in [2.05, 4.69) is 4.72 Å². The van der Waals surface area contributed by atoms with Gasteiger partial charge in [-0.05, 0) is 13.3 Å². The van der Waals surface area contributed by atoms with E-state index in [-0.39, 0.29) is 5.75 Å². The van der Waals surface area contributed by atoms with Gasteiger partial charge in [0.05, 0.1) is 11.8 Å². The van der Waals surface area contributed by atoms with Crippen LogP contribution in [0.5, 0.6) is 0 Å². The third-order valence-electron chi connectivity index (χ3n) is 2.90. The number of thioether (sulfide) groups is 1. The first-order valence-electron chi connectivity index (χ1n) is 6.39. The molecule has 2 unspecified atom stereocenters. The topological polar surface area (TPSA) is 104 Å². The van der Waals surface area contributed by atoms with E-state index in [1.54, 1.807) is 6.92 Å². The molecule has 116 valence electrons. The summed E-state index contributed by atoms with van der Waals surface area (Å²) in [5, 5.41) is 9.11. The number of nitrogens with zero attached hydrogens (tertiary/aromatic N) is 1. The Hall–Kier alpha value is -0.800. The molecule has 1 fully saturated rings. The molecule has 1 amide bonds. The minimum Gasteiger partial charge on any atom is -0.480 e.